The van der Waals surface area contributed by atoms with Gasteiger partial charge in [-0.25, -0.2) is 0 Å². The summed E-state index contributed by atoms with van der Waals surface area (Å²) in [7, 11) is 0. The van der Waals surface area contributed by atoms with Crippen molar-refractivity contribution in [3.63, 3.8) is 0 Å². The van der Waals surface area contributed by atoms with E-state index in [0.29, 0.717) is 10.0 Å². The first-order valence-corrected chi connectivity index (χ1v) is 18.0. The van der Waals surface area contributed by atoms with Crippen molar-refractivity contribution in [1.29, 1.82) is 0 Å². The summed E-state index contributed by atoms with van der Waals surface area (Å²) in [4.78, 5) is 11.8. The van der Waals surface area contributed by atoms with Gasteiger partial charge in [-0.05, 0) is 50.5 Å². The minimum atomic E-state index is -0.833. The first-order valence-electron chi connectivity index (χ1n) is 17.3. The van der Waals surface area contributed by atoms with Crippen LogP contribution >= 0.6 is 23.2 Å². The summed E-state index contributed by atoms with van der Waals surface area (Å²) in [6.45, 7) is 12.1. The van der Waals surface area contributed by atoms with E-state index in [1.807, 2.05) is 42.5 Å². The Balaban J connectivity index is 0.000000810. The Kier molecular flexibility index (Phi) is 29.4. The molecular weight excluding hydrogens is 573 g/mol. The number of unbranched alkanes of at least 4 members (excludes halogenated alkanes) is 15. The van der Waals surface area contributed by atoms with Crippen LogP contribution in [0.15, 0.2) is 48.5 Å². The third-order valence-electron chi connectivity index (χ3n) is 7.52. The van der Waals surface area contributed by atoms with Gasteiger partial charge in [0.05, 0.1) is 10.0 Å². The summed E-state index contributed by atoms with van der Waals surface area (Å²) in [5, 5.41) is 8.62. The fraction of sp³-hybridized carbons (Fsp3) is 0.658. The fourth-order valence-corrected chi connectivity index (χ4v) is 5.44. The molecule has 246 valence electrons. The minimum Gasteiger partial charge on any atom is -0.481 e. The number of hydrogen-bond acceptors (Lipinski definition) is 2. The van der Waals surface area contributed by atoms with Crippen molar-refractivity contribution in [2.45, 2.75) is 143 Å². The van der Waals surface area contributed by atoms with Crippen LogP contribution in [0.1, 0.15) is 143 Å². The molecule has 0 fully saturated rings. The first-order chi connectivity index (χ1) is 20.9. The number of rotatable bonds is 22. The van der Waals surface area contributed by atoms with Gasteiger partial charge in [0.25, 0.3) is 5.97 Å². The highest BCUT2D eigenvalue weighted by atomic mass is 35.5. The van der Waals surface area contributed by atoms with Crippen LogP contribution in [0.4, 0.5) is 0 Å². The van der Waals surface area contributed by atoms with Gasteiger partial charge in [-0.1, -0.05) is 183 Å². The Hall–Kier alpha value is -1.55. The van der Waals surface area contributed by atoms with E-state index in [1.54, 1.807) is 6.07 Å². The topological polar surface area (TPSA) is 40.5 Å². The van der Waals surface area contributed by atoms with Gasteiger partial charge >= 0.3 is 0 Å². The van der Waals surface area contributed by atoms with E-state index < -0.39 is 5.97 Å². The van der Waals surface area contributed by atoms with Crippen molar-refractivity contribution < 1.29 is 9.90 Å². The molecule has 3 nitrogen and oxygen atoms in total. The molecule has 5 heteroatoms. The number of carboxylic acids is 1. The molecular formula is C38H63Cl2NO2. The molecule has 2 aromatic carbocycles. The Morgan fingerprint density at radius 3 is 1.35 bits per heavy atom. The van der Waals surface area contributed by atoms with Crippen LogP contribution in [0, 0.1) is 0 Å². The number of carboxylic acid groups (broad SMARTS) is 1. The van der Waals surface area contributed by atoms with Gasteiger partial charge in [0.15, 0.2) is 0 Å². The molecule has 0 unspecified atom stereocenters. The lowest BCUT2D eigenvalue weighted by Crippen LogP contribution is -2.27. The van der Waals surface area contributed by atoms with Gasteiger partial charge in [-0.3, -0.25) is 4.79 Å². The predicted octanol–water partition coefficient (Wildman–Crippen LogP) is 13.1. The Morgan fingerprint density at radius 2 is 0.953 bits per heavy atom. The van der Waals surface area contributed by atoms with Crippen LogP contribution in [-0.4, -0.2) is 35.6 Å². The average molecular weight is 637 g/mol. The molecule has 0 aliphatic carbocycles. The number of halogens is 2. The van der Waals surface area contributed by atoms with Crippen molar-refractivity contribution in [3.05, 3.63) is 58.6 Å². The Morgan fingerprint density at radius 1 is 0.581 bits per heavy atom. The number of carbonyl (C=O) groups is 1. The lowest BCUT2D eigenvalue weighted by atomic mass is 10.1. The van der Waals surface area contributed by atoms with Crippen LogP contribution in [0.25, 0.3) is 11.1 Å². The Bertz CT molecular complexity index is 849. The van der Waals surface area contributed by atoms with Gasteiger partial charge in [0.2, 0.25) is 0 Å². The third-order valence-corrected chi connectivity index (χ3v) is 8.34. The maximum absolute atomic E-state index is 9.00. The highest BCUT2D eigenvalue weighted by Crippen LogP contribution is 2.33. The summed E-state index contributed by atoms with van der Waals surface area (Å²) >= 11 is 12.0. The van der Waals surface area contributed by atoms with Crippen molar-refractivity contribution in [2.24, 2.45) is 0 Å². The molecule has 2 rings (SSSR count). The molecule has 0 saturated heterocycles. The molecule has 43 heavy (non-hydrogen) atoms. The number of benzene rings is 2. The van der Waals surface area contributed by atoms with E-state index in [1.165, 1.54) is 135 Å². The summed E-state index contributed by atoms with van der Waals surface area (Å²) in [6.07, 6.45) is 25.7. The van der Waals surface area contributed by atoms with Gasteiger partial charge in [0, 0.05) is 12.5 Å². The van der Waals surface area contributed by atoms with E-state index in [0.717, 1.165) is 18.1 Å². The highest BCUT2D eigenvalue weighted by Gasteiger charge is 2.06. The molecule has 0 heterocycles. The van der Waals surface area contributed by atoms with Gasteiger partial charge in [0.1, 0.15) is 0 Å². The normalized spacial score (nSPS) is 10.6. The third kappa shape index (κ3) is 25.5. The quantitative estimate of drug-likeness (QED) is 0.131. The maximum atomic E-state index is 9.00. The molecule has 0 radical (unpaired) electrons. The van der Waals surface area contributed by atoms with Crippen molar-refractivity contribution in [2.75, 3.05) is 19.6 Å². The second-order valence-corrected chi connectivity index (χ2v) is 12.4. The van der Waals surface area contributed by atoms with Crippen LogP contribution in [-0.2, 0) is 4.79 Å². The van der Waals surface area contributed by atoms with Crippen LogP contribution in [0.2, 0.25) is 10.0 Å². The van der Waals surface area contributed by atoms with E-state index in [9.17, 15) is 0 Å². The summed E-state index contributed by atoms with van der Waals surface area (Å²) < 4.78 is 0. The largest absolute Gasteiger partial charge is 0.481 e. The molecule has 0 spiro atoms. The molecule has 0 aromatic heterocycles. The monoisotopic (exact) mass is 635 g/mol. The van der Waals surface area contributed by atoms with E-state index in [-0.39, 0.29) is 0 Å². The number of hydrogen-bond donors (Lipinski definition) is 1. The van der Waals surface area contributed by atoms with Gasteiger partial charge in [-0.2, -0.15) is 0 Å². The lowest BCUT2D eigenvalue weighted by Gasteiger charge is -2.22. The summed E-state index contributed by atoms with van der Waals surface area (Å²) in [6, 6.07) is 15.6. The zero-order valence-electron chi connectivity index (χ0n) is 28.0. The van der Waals surface area contributed by atoms with Crippen LogP contribution < -0.4 is 0 Å². The molecule has 0 bridgehead atoms. The van der Waals surface area contributed by atoms with E-state index in [2.05, 4.69) is 25.7 Å². The lowest BCUT2D eigenvalue weighted by molar-refractivity contribution is -0.134. The number of aliphatic carboxylic acids is 1. The van der Waals surface area contributed by atoms with Crippen molar-refractivity contribution >= 4 is 29.2 Å². The van der Waals surface area contributed by atoms with Crippen molar-refractivity contribution in [1.82, 2.24) is 4.90 Å². The second-order valence-electron chi connectivity index (χ2n) is 11.6. The highest BCUT2D eigenvalue weighted by molar-refractivity contribution is 6.43. The fourth-order valence-electron chi connectivity index (χ4n) is 5.03. The minimum absolute atomic E-state index is 0.591. The Labute approximate surface area is 275 Å². The smallest absolute Gasteiger partial charge is 0.300 e. The van der Waals surface area contributed by atoms with Crippen molar-refractivity contribution in [3.8, 4) is 11.1 Å². The predicted molar refractivity (Wildman–Crippen MR) is 192 cm³/mol. The SMILES string of the molecule is CC(=O)O.CCCCCCCCN(CCCCCCCC)CCCCCCCC.Clc1cccc(-c2ccccc2)c1Cl. The zero-order valence-corrected chi connectivity index (χ0v) is 29.5. The van der Waals surface area contributed by atoms with Crippen LogP contribution in [0.3, 0.4) is 0 Å². The zero-order chi connectivity index (χ0) is 32.0. The molecule has 0 aliphatic heterocycles. The standard InChI is InChI=1S/C24H51N.C12H8Cl2.C2H4O2/c1-4-7-10-13-16-19-22-25(23-20-17-14-11-8-5-2)24-21-18-15-12-9-6-3;13-11-8-4-7-10(12(11)14)9-5-2-1-3-6-9;1-2(3)4/h4-24H2,1-3H3;1-8H;1H3,(H,3,4). The first kappa shape index (κ1) is 41.4. The molecule has 0 saturated carbocycles. The van der Waals surface area contributed by atoms with Gasteiger partial charge in [-0.15, -0.1) is 0 Å². The number of nitrogens with zero attached hydrogens (tertiary/aromatic N) is 1. The van der Waals surface area contributed by atoms with Crippen LogP contribution in [0.5, 0.6) is 0 Å². The van der Waals surface area contributed by atoms with Gasteiger partial charge < -0.3 is 10.0 Å². The van der Waals surface area contributed by atoms with E-state index in [4.69, 9.17) is 33.1 Å². The maximum Gasteiger partial charge on any atom is 0.300 e. The molecule has 1 N–H and O–H groups in total. The summed E-state index contributed by atoms with van der Waals surface area (Å²) in [5.41, 5.74) is 2.06. The van der Waals surface area contributed by atoms with E-state index >= 15 is 0 Å². The molecule has 0 amide bonds. The molecule has 0 atom stereocenters. The second kappa shape index (κ2) is 30.5. The average Bonchev–Trinajstić information content (AvgIpc) is 3.00. The molecule has 0 aliphatic rings. The summed E-state index contributed by atoms with van der Waals surface area (Å²) in [5.74, 6) is -0.833. The molecule has 2 aromatic rings.